The maximum Gasteiger partial charge on any atom is 0.247 e. The summed E-state index contributed by atoms with van der Waals surface area (Å²) in [7, 11) is 0. The first-order valence-corrected chi connectivity index (χ1v) is 9.59. The molecule has 0 bridgehead atoms. The van der Waals surface area contributed by atoms with Gasteiger partial charge in [-0.2, -0.15) is 0 Å². The van der Waals surface area contributed by atoms with Crippen LogP contribution in [-0.2, 0) is 16.1 Å². The van der Waals surface area contributed by atoms with E-state index < -0.39 is 0 Å². The first-order valence-electron chi connectivity index (χ1n) is 9.59. The maximum atomic E-state index is 13.3. The summed E-state index contributed by atoms with van der Waals surface area (Å²) in [4.78, 5) is 19.9. The number of imidazole rings is 1. The van der Waals surface area contributed by atoms with Gasteiger partial charge >= 0.3 is 0 Å². The lowest BCUT2D eigenvalue weighted by Gasteiger charge is -2.27. The average Bonchev–Trinajstić information content (AvgIpc) is 3.31. The number of benzene rings is 2. The SMILES string of the molecule is CC(C)N(C(=O)Cn1c([C@@H]2CCCO2)nc2ccccc21)c1ccccc1. The Morgan fingerprint density at radius 3 is 2.63 bits per heavy atom. The van der Waals surface area contributed by atoms with Crippen LogP contribution in [0.15, 0.2) is 54.6 Å². The second-order valence-electron chi connectivity index (χ2n) is 7.24. The fourth-order valence-corrected chi connectivity index (χ4v) is 3.82. The quantitative estimate of drug-likeness (QED) is 0.678. The third-order valence-corrected chi connectivity index (χ3v) is 5.01. The van der Waals surface area contributed by atoms with Crippen molar-refractivity contribution in [2.75, 3.05) is 11.5 Å². The molecular weight excluding hydrogens is 338 g/mol. The molecule has 5 nitrogen and oxygen atoms in total. The summed E-state index contributed by atoms with van der Waals surface area (Å²) in [5, 5.41) is 0. The molecule has 27 heavy (non-hydrogen) atoms. The van der Waals surface area contributed by atoms with Gasteiger partial charge in [-0.15, -0.1) is 0 Å². The molecule has 3 aromatic rings. The van der Waals surface area contributed by atoms with E-state index in [0.29, 0.717) is 0 Å². The lowest BCUT2D eigenvalue weighted by Crippen LogP contribution is -2.39. The van der Waals surface area contributed by atoms with Gasteiger partial charge in [0.2, 0.25) is 5.91 Å². The highest BCUT2D eigenvalue weighted by Gasteiger charge is 2.27. The van der Waals surface area contributed by atoms with Crippen molar-refractivity contribution in [3.8, 4) is 0 Å². The Kier molecular flexibility index (Phi) is 4.94. The van der Waals surface area contributed by atoms with Crippen LogP contribution in [0, 0.1) is 0 Å². The molecule has 0 aliphatic carbocycles. The summed E-state index contributed by atoms with van der Waals surface area (Å²) < 4.78 is 7.91. The largest absolute Gasteiger partial charge is 0.370 e. The molecule has 0 spiro atoms. The van der Waals surface area contributed by atoms with Gasteiger partial charge in [-0.25, -0.2) is 4.98 Å². The third-order valence-electron chi connectivity index (χ3n) is 5.01. The van der Waals surface area contributed by atoms with Crippen molar-refractivity contribution in [3.63, 3.8) is 0 Å². The minimum absolute atomic E-state index is 0.0329. The van der Waals surface area contributed by atoms with E-state index in [-0.39, 0.29) is 24.6 Å². The van der Waals surface area contributed by atoms with Gasteiger partial charge < -0.3 is 14.2 Å². The number of para-hydroxylation sites is 3. The fraction of sp³-hybridized carbons (Fsp3) is 0.364. The Bertz CT molecular complexity index is 927. The summed E-state index contributed by atoms with van der Waals surface area (Å²) in [6.07, 6.45) is 1.95. The van der Waals surface area contributed by atoms with Gasteiger partial charge in [0.25, 0.3) is 0 Å². The first kappa shape index (κ1) is 17.7. The predicted octanol–water partition coefficient (Wildman–Crippen LogP) is 4.33. The molecule has 1 atom stereocenters. The normalized spacial score (nSPS) is 16.9. The zero-order chi connectivity index (χ0) is 18.8. The van der Waals surface area contributed by atoms with E-state index in [0.717, 1.165) is 42.0 Å². The van der Waals surface area contributed by atoms with Crippen LogP contribution in [0.1, 0.15) is 38.6 Å². The Morgan fingerprint density at radius 2 is 1.93 bits per heavy atom. The van der Waals surface area contributed by atoms with Crippen molar-refractivity contribution >= 4 is 22.6 Å². The summed E-state index contributed by atoms with van der Waals surface area (Å²) >= 11 is 0. The van der Waals surface area contributed by atoms with Crippen molar-refractivity contribution < 1.29 is 9.53 Å². The monoisotopic (exact) mass is 363 g/mol. The molecule has 2 aromatic carbocycles. The van der Waals surface area contributed by atoms with Gasteiger partial charge in [0, 0.05) is 18.3 Å². The number of hydrogen-bond donors (Lipinski definition) is 0. The smallest absolute Gasteiger partial charge is 0.247 e. The van der Waals surface area contributed by atoms with E-state index in [1.54, 1.807) is 0 Å². The zero-order valence-electron chi connectivity index (χ0n) is 15.8. The molecule has 5 heteroatoms. The highest BCUT2D eigenvalue weighted by atomic mass is 16.5. The molecule has 0 N–H and O–H groups in total. The standard InChI is InChI=1S/C22H25N3O2/c1-16(2)25(17-9-4-3-5-10-17)21(26)15-24-19-12-7-6-11-18(19)23-22(24)20-13-8-14-27-20/h3-7,9-12,16,20H,8,13-15H2,1-2H3/t20-/m0/s1. The van der Waals surface area contributed by atoms with E-state index in [1.807, 2.05) is 77.9 Å². The topological polar surface area (TPSA) is 47.4 Å². The minimum Gasteiger partial charge on any atom is -0.370 e. The molecular formula is C22H25N3O2. The highest BCUT2D eigenvalue weighted by Crippen LogP contribution is 2.31. The van der Waals surface area contributed by atoms with Crippen molar-refractivity contribution in [1.82, 2.24) is 9.55 Å². The molecule has 0 saturated carbocycles. The number of fused-ring (bicyclic) bond motifs is 1. The molecule has 1 saturated heterocycles. The number of ether oxygens (including phenoxy) is 1. The Balaban J connectivity index is 1.71. The Morgan fingerprint density at radius 1 is 1.19 bits per heavy atom. The predicted molar refractivity (Wildman–Crippen MR) is 107 cm³/mol. The second-order valence-corrected chi connectivity index (χ2v) is 7.24. The van der Waals surface area contributed by atoms with Gasteiger partial charge in [0.1, 0.15) is 18.5 Å². The first-order chi connectivity index (χ1) is 13.1. The van der Waals surface area contributed by atoms with Crippen LogP contribution in [0.2, 0.25) is 0 Å². The number of anilines is 1. The van der Waals surface area contributed by atoms with Crippen LogP contribution in [0.5, 0.6) is 0 Å². The van der Waals surface area contributed by atoms with E-state index in [1.165, 1.54) is 0 Å². The number of amides is 1. The van der Waals surface area contributed by atoms with Crippen LogP contribution in [0.4, 0.5) is 5.69 Å². The summed E-state index contributed by atoms with van der Waals surface area (Å²) in [5.74, 6) is 0.914. The minimum atomic E-state index is -0.0329. The van der Waals surface area contributed by atoms with Gasteiger partial charge in [0.05, 0.1) is 11.0 Å². The molecule has 0 unspecified atom stereocenters. The number of rotatable bonds is 5. The van der Waals surface area contributed by atoms with Crippen molar-refractivity contribution in [2.24, 2.45) is 0 Å². The van der Waals surface area contributed by atoms with E-state index in [2.05, 4.69) is 0 Å². The van der Waals surface area contributed by atoms with Crippen LogP contribution < -0.4 is 4.90 Å². The molecule has 1 aromatic heterocycles. The van der Waals surface area contributed by atoms with E-state index in [9.17, 15) is 4.79 Å². The number of hydrogen-bond acceptors (Lipinski definition) is 3. The summed E-state index contributed by atoms with van der Waals surface area (Å²) in [5.41, 5.74) is 2.81. The lowest BCUT2D eigenvalue weighted by molar-refractivity contribution is -0.119. The van der Waals surface area contributed by atoms with E-state index in [4.69, 9.17) is 9.72 Å². The molecule has 140 valence electrons. The number of nitrogens with zero attached hydrogens (tertiary/aromatic N) is 3. The lowest BCUT2D eigenvalue weighted by atomic mass is 10.2. The zero-order valence-corrected chi connectivity index (χ0v) is 15.8. The number of carbonyl (C=O) groups excluding carboxylic acids is 1. The summed E-state index contributed by atoms with van der Waals surface area (Å²) in [6, 6.07) is 17.9. The van der Waals surface area contributed by atoms with Crippen molar-refractivity contribution in [1.29, 1.82) is 0 Å². The molecule has 1 amide bonds. The fourth-order valence-electron chi connectivity index (χ4n) is 3.82. The highest BCUT2D eigenvalue weighted by molar-refractivity contribution is 5.94. The number of carbonyl (C=O) groups is 1. The third kappa shape index (κ3) is 3.47. The second kappa shape index (κ2) is 7.53. The molecule has 2 heterocycles. The van der Waals surface area contributed by atoms with E-state index >= 15 is 0 Å². The van der Waals surface area contributed by atoms with Crippen LogP contribution >= 0.6 is 0 Å². The Labute approximate surface area is 159 Å². The molecule has 4 rings (SSSR count). The Hall–Kier alpha value is -2.66. The van der Waals surface area contributed by atoms with Gasteiger partial charge in [-0.3, -0.25) is 4.79 Å². The van der Waals surface area contributed by atoms with Crippen molar-refractivity contribution in [3.05, 3.63) is 60.4 Å². The van der Waals surface area contributed by atoms with Gasteiger partial charge in [0.15, 0.2) is 0 Å². The van der Waals surface area contributed by atoms with Crippen molar-refractivity contribution in [2.45, 2.75) is 45.4 Å². The molecule has 1 aliphatic rings. The van der Waals surface area contributed by atoms with Gasteiger partial charge in [-0.05, 0) is 51.0 Å². The molecule has 1 fully saturated rings. The summed E-state index contributed by atoms with van der Waals surface area (Å²) in [6.45, 7) is 5.09. The van der Waals surface area contributed by atoms with Crippen LogP contribution in [0.3, 0.4) is 0 Å². The number of aromatic nitrogens is 2. The average molecular weight is 363 g/mol. The maximum absolute atomic E-state index is 13.3. The van der Waals surface area contributed by atoms with Crippen LogP contribution in [0.25, 0.3) is 11.0 Å². The molecule has 0 radical (unpaired) electrons. The van der Waals surface area contributed by atoms with Gasteiger partial charge in [-0.1, -0.05) is 30.3 Å². The van der Waals surface area contributed by atoms with Crippen LogP contribution in [-0.4, -0.2) is 28.1 Å². The molecule has 1 aliphatic heterocycles.